The third-order valence-electron chi connectivity index (χ3n) is 5.22. The summed E-state index contributed by atoms with van der Waals surface area (Å²) in [7, 11) is 0. The van der Waals surface area contributed by atoms with Crippen LogP contribution >= 0.6 is 0 Å². The van der Waals surface area contributed by atoms with Gasteiger partial charge in [0.2, 0.25) is 0 Å². The molecule has 0 unspecified atom stereocenters. The predicted molar refractivity (Wildman–Crippen MR) is 108 cm³/mol. The Morgan fingerprint density at radius 2 is 1.78 bits per heavy atom. The molecule has 3 N–H and O–H groups in total. The van der Waals surface area contributed by atoms with E-state index in [-0.39, 0.29) is 11.9 Å². The summed E-state index contributed by atoms with van der Waals surface area (Å²) in [5.74, 6) is 0.451. The zero-order valence-corrected chi connectivity index (χ0v) is 16.0. The number of nitrogens with zero attached hydrogens (tertiary/aromatic N) is 1. The van der Waals surface area contributed by atoms with E-state index >= 15 is 0 Å². The van der Waals surface area contributed by atoms with Crippen molar-refractivity contribution in [2.45, 2.75) is 25.8 Å². The summed E-state index contributed by atoms with van der Waals surface area (Å²) in [6, 6.07) is 18.0. The van der Waals surface area contributed by atoms with Crippen LogP contribution in [0.4, 0.5) is 5.69 Å². The van der Waals surface area contributed by atoms with E-state index in [4.69, 9.17) is 0 Å². The maximum Gasteiger partial charge on any atom is 0.275 e. The van der Waals surface area contributed by atoms with E-state index in [9.17, 15) is 9.90 Å². The Bertz CT molecular complexity index is 727. The van der Waals surface area contributed by atoms with Gasteiger partial charge in [-0.1, -0.05) is 42.5 Å². The zero-order chi connectivity index (χ0) is 19.1. The fourth-order valence-electron chi connectivity index (χ4n) is 3.63. The second kappa shape index (κ2) is 9.42. The maximum absolute atomic E-state index is 12.4. The zero-order valence-electron chi connectivity index (χ0n) is 16.0. The number of hydrogen-bond donors (Lipinski definition) is 3. The minimum absolute atomic E-state index is 0.126. The molecule has 0 saturated carbocycles. The lowest BCUT2D eigenvalue weighted by atomic mass is 10.1. The monoisotopic (exact) mass is 368 g/mol. The number of carbonyl (C=O) groups excluding carboxylic acids is 1. The first kappa shape index (κ1) is 19.2. The molecule has 1 saturated heterocycles. The standard InChI is InChI=1S/C22H29N3O2/c1-18(11-12-19-7-3-2-4-8-19)23-22(27)17-24-13-15-25(16-14-24)20-9-5-6-10-21(20)26/h2-10,18,26H,11-17H2,1H3,(H,23,27)/p+1/t18-/m0/s1. The number of phenols is 1. The third kappa shape index (κ3) is 5.73. The Labute approximate surface area is 161 Å². The Morgan fingerprint density at radius 3 is 2.48 bits per heavy atom. The third-order valence-corrected chi connectivity index (χ3v) is 5.22. The minimum atomic E-state index is 0.126. The highest BCUT2D eigenvalue weighted by Gasteiger charge is 2.24. The SMILES string of the molecule is C[C@@H](CCc1ccccc1)NC(=O)C[NH+]1CCN(c2ccccc2O)CC1. The van der Waals surface area contributed by atoms with E-state index < -0.39 is 0 Å². The molecule has 27 heavy (non-hydrogen) atoms. The van der Waals surface area contributed by atoms with Crippen LogP contribution in [-0.4, -0.2) is 49.8 Å². The van der Waals surface area contributed by atoms with Gasteiger partial charge < -0.3 is 20.2 Å². The summed E-state index contributed by atoms with van der Waals surface area (Å²) in [5, 5.41) is 13.1. The van der Waals surface area contributed by atoms with E-state index in [1.54, 1.807) is 6.07 Å². The van der Waals surface area contributed by atoms with Crippen LogP contribution in [0.15, 0.2) is 54.6 Å². The van der Waals surface area contributed by atoms with Crippen molar-refractivity contribution >= 4 is 11.6 Å². The fourth-order valence-corrected chi connectivity index (χ4v) is 3.63. The summed E-state index contributed by atoms with van der Waals surface area (Å²) in [4.78, 5) is 15.8. The molecule has 5 heteroatoms. The average Bonchev–Trinajstić information content (AvgIpc) is 2.68. The highest BCUT2D eigenvalue weighted by Crippen LogP contribution is 2.25. The molecule has 1 atom stereocenters. The number of aromatic hydroxyl groups is 1. The first-order chi connectivity index (χ1) is 13.1. The van der Waals surface area contributed by atoms with Gasteiger partial charge in [0.15, 0.2) is 6.54 Å². The van der Waals surface area contributed by atoms with Crippen LogP contribution in [0.25, 0.3) is 0 Å². The van der Waals surface area contributed by atoms with Crippen molar-refractivity contribution in [2.75, 3.05) is 37.6 Å². The molecule has 3 rings (SSSR count). The normalized spacial score (nSPS) is 16.1. The van der Waals surface area contributed by atoms with Crippen molar-refractivity contribution in [3.8, 4) is 5.75 Å². The van der Waals surface area contributed by atoms with Crippen LogP contribution in [0.3, 0.4) is 0 Å². The molecular formula is C22H30N3O2+. The van der Waals surface area contributed by atoms with Crippen molar-refractivity contribution in [3.05, 3.63) is 60.2 Å². The lowest BCUT2D eigenvalue weighted by molar-refractivity contribution is -0.892. The molecule has 0 aromatic heterocycles. The lowest BCUT2D eigenvalue weighted by Gasteiger charge is -2.33. The number of para-hydroxylation sites is 2. The van der Waals surface area contributed by atoms with Gasteiger partial charge in [-0.15, -0.1) is 0 Å². The molecule has 0 spiro atoms. The number of piperazine rings is 1. The molecule has 0 bridgehead atoms. The number of carbonyl (C=O) groups is 1. The van der Waals surface area contributed by atoms with E-state index in [1.165, 1.54) is 10.5 Å². The van der Waals surface area contributed by atoms with Gasteiger partial charge in [0.05, 0.1) is 31.9 Å². The van der Waals surface area contributed by atoms with Gasteiger partial charge in [-0.25, -0.2) is 0 Å². The van der Waals surface area contributed by atoms with Crippen molar-refractivity contribution in [2.24, 2.45) is 0 Å². The van der Waals surface area contributed by atoms with E-state index in [0.717, 1.165) is 44.7 Å². The number of hydrogen-bond acceptors (Lipinski definition) is 3. The molecule has 1 aliphatic heterocycles. The number of benzene rings is 2. The molecule has 0 radical (unpaired) electrons. The Morgan fingerprint density at radius 1 is 1.11 bits per heavy atom. The number of nitrogens with one attached hydrogen (secondary N) is 2. The van der Waals surface area contributed by atoms with Crippen LogP contribution in [-0.2, 0) is 11.2 Å². The van der Waals surface area contributed by atoms with Gasteiger partial charge in [0.1, 0.15) is 5.75 Å². The van der Waals surface area contributed by atoms with Crippen molar-refractivity contribution in [1.82, 2.24) is 5.32 Å². The van der Waals surface area contributed by atoms with Gasteiger partial charge in [-0.2, -0.15) is 0 Å². The topological polar surface area (TPSA) is 57.0 Å². The van der Waals surface area contributed by atoms with Crippen molar-refractivity contribution < 1.29 is 14.8 Å². The lowest BCUT2D eigenvalue weighted by Crippen LogP contribution is -3.16. The molecule has 1 fully saturated rings. The smallest absolute Gasteiger partial charge is 0.275 e. The second-order valence-electron chi connectivity index (χ2n) is 7.40. The molecule has 1 aliphatic rings. The second-order valence-corrected chi connectivity index (χ2v) is 7.40. The van der Waals surface area contributed by atoms with Gasteiger partial charge in [0, 0.05) is 6.04 Å². The number of amides is 1. The summed E-state index contributed by atoms with van der Waals surface area (Å²) >= 11 is 0. The molecule has 1 heterocycles. The summed E-state index contributed by atoms with van der Waals surface area (Å²) in [6.07, 6.45) is 1.93. The van der Waals surface area contributed by atoms with Crippen molar-refractivity contribution in [3.63, 3.8) is 0 Å². The first-order valence-electron chi connectivity index (χ1n) is 9.81. The van der Waals surface area contributed by atoms with Crippen LogP contribution in [0.5, 0.6) is 5.75 Å². The number of aryl methyl sites for hydroxylation is 1. The minimum Gasteiger partial charge on any atom is -0.506 e. The molecule has 1 amide bonds. The highest BCUT2D eigenvalue weighted by atomic mass is 16.3. The number of quaternary nitrogens is 1. The summed E-state index contributed by atoms with van der Waals surface area (Å²) in [5.41, 5.74) is 2.19. The number of phenolic OH excluding ortho intramolecular Hbond substituents is 1. The highest BCUT2D eigenvalue weighted by molar-refractivity contribution is 5.77. The molecule has 5 nitrogen and oxygen atoms in total. The van der Waals surface area contributed by atoms with Gasteiger partial charge in [-0.05, 0) is 37.5 Å². The maximum atomic E-state index is 12.4. The summed E-state index contributed by atoms with van der Waals surface area (Å²) in [6.45, 7) is 6.10. The van der Waals surface area contributed by atoms with Crippen molar-refractivity contribution in [1.29, 1.82) is 0 Å². The molecule has 144 valence electrons. The van der Waals surface area contributed by atoms with Gasteiger partial charge in [-0.3, -0.25) is 4.79 Å². The Kier molecular flexibility index (Phi) is 6.71. The quantitative estimate of drug-likeness (QED) is 0.689. The molecule has 2 aromatic rings. The molecule has 0 aliphatic carbocycles. The van der Waals surface area contributed by atoms with Crippen LogP contribution in [0.2, 0.25) is 0 Å². The Balaban J connectivity index is 1.38. The number of rotatable bonds is 7. The van der Waals surface area contributed by atoms with Crippen LogP contribution in [0.1, 0.15) is 18.9 Å². The number of anilines is 1. The summed E-state index contributed by atoms with van der Waals surface area (Å²) < 4.78 is 0. The van der Waals surface area contributed by atoms with Gasteiger partial charge in [0.25, 0.3) is 5.91 Å². The fraction of sp³-hybridized carbons (Fsp3) is 0.409. The van der Waals surface area contributed by atoms with Crippen LogP contribution < -0.4 is 15.1 Å². The molecule has 2 aromatic carbocycles. The average molecular weight is 369 g/mol. The largest absolute Gasteiger partial charge is 0.506 e. The van der Waals surface area contributed by atoms with E-state index in [2.05, 4.69) is 41.4 Å². The predicted octanol–water partition coefficient (Wildman–Crippen LogP) is 1.23. The first-order valence-corrected chi connectivity index (χ1v) is 9.81. The molecular weight excluding hydrogens is 338 g/mol. The van der Waals surface area contributed by atoms with Crippen LogP contribution in [0, 0.1) is 0 Å². The van der Waals surface area contributed by atoms with E-state index in [0.29, 0.717) is 12.3 Å². The Hall–Kier alpha value is -2.53. The van der Waals surface area contributed by atoms with Gasteiger partial charge >= 0.3 is 0 Å². The van der Waals surface area contributed by atoms with E-state index in [1.807, 2.05) is 24.3 Å².